The largest absolute Gasteiger partial charge is 0.369 e. The first-order chi connectivity index (χ1) is 11.1. The minimum absolute atomic E-state index is 0.162. The topological polar surface area (TPSA) is 98.7 Å². The molecule has 3 N–H and O–H groups in total. The van der Waals surface area contributed by atoms with Crippen LogP contribution in [0.25, 0.3) is 11.0 Å². The van der Waals surface area contributed by atoms with Gasteiger partial charge in [-0.05, 0) is 30.7 Å². The third-order valence-corrected chi connectivity index (χ3v) is 3.68. The summed E-state index contributed by atoms with van der Waals surface area (Å²) in [4.78, 5) is 15.6. The number of nitrogens with one attached hydrogen (secondary N) is 1. The Balaban J connectivity index is 1.54. The summed E-state index contributed by atoms with van der Waals surface area (Å²) < 4.78 is 2.12. The Morgan fingerprint density at radius 2 is 2.04 bits per heavy atom. The van der Waals surface area contributed by atoms with E-state index in [0.29, 0.717) is 5.82 Å². The Morgan fingerprint density at radius 1 is 1.22 bits per heavy atom. The summed E-state index contributed by atoms with van der Waals surface area (Å²) in [5, 5.41) is 10.8. The molecule has 0 spiro atoms. The number of anilines is 1. The van der Waals surface area contributed by atoms with Crippen LogP contribution in [0.4, 0.5) is 5.82 Å². The maximum atomic E-state index is 10.9. The van der Waals surface area contributed by atoms with E-state index in [1.807, 2.05) is 25.2 Å². The quantitative estimate of drug-likeness (QED) is 0.672. The molecule has 23 heavy (non-hydrogen) atoms. The van der Waals surface area contributed by atoms with Crippen LogP contribution in [0.15, 0.2) is 36.4 Å². The molecule has 7 nitrogen and oxygen atoms in total. The number of hydrogen-bond acceptors (Lipinski definition) is 5. The molecule has 2 heterocycles. The highest BCUT2D eigenvalue weighted by Crippen LogP contribution is 2.15. The second-order valence-electron chi connectivity index (χ2n) is 5.27. The molecule has 0 aliphatic rings. The van der Waals surface area contributed by atoms with E-state index in [1.54, 1.807) is 12.1 Å². The highest BCUT2D eigenvalue weighted by atomic mass is 16.1. The third-order valence-electron chi connectivity index (χ3n) is 3.68. The van der Waals surface area contributed by atoms with Crippen molar-refractivity contribution < 1.29 is 4.79 Å². The lowest BCUT2D eigenvalue weighted by Gasteiger charge is -2.05. The van der Waals surface area contributed by atoms with Crippen LogP contribution in [0.3, 0.4) is 0 Å². The summed E-state index contributed by atoms with van der Waals surface area (Å²) in [7, 11) is 2.03. The second-order valence-corrected chi connectivity index (χ2v) is 5.27. The Bertz CT molecular complexity index is 824. The molecule has 118 valence electrons. The van der Waals surface area contributed by atoms with Gasteiger partial charge >= 0.3 is 0 Å². The first-order valence-electron chi connectivity index (χ1n) is 7.43. The number of nitrogens with two attached hydrogens (primary N) is 1. The fourth-order valence-corrected chi connectivity index (χ4v) is 2.44. The van der Waals surface area contributed by atoms with E-state index in [2.05, 4.69) is 31.1 Å². The van der Waals surface area contributed by atoms with E-state index in [9.17, 15) is 4.79 Å². The van der Waals surface area contributed by atoms with Crippen LogP contribution in [0.5, 0.6) is 0 Å². The fraction of sp³-hybridized carbons (Fsp3) is 0.250. The second kappa shape index (κ2) is 6.43. The molecule has 0 aliphatic carbocycles. The molecule has 7 heteroatoms. The number of fused-ring (bicyclic) bond motifs is 1. The summed E-state index contributed by atoms with van der Waals surface area (Å²) in [5.74, 6) is 1.11. The van der Waals surface area contributed by atoms with E-state index in [4.69, 9.17) is 5.73 Å². The van der Waals surface area contributed by atoms with Gasteiger partial charge in [-0.25, -0.2) is 4.98 Å². The van der Waals surface area contributed by atoms with Crippen LogP contribution in [0.2, 0.25) is 0 Å². The summed E-state index contributed by atoms with van der Waals surface area (Å²) in [6.07, 6.45) is 1.78. The highest BCUT2D eigenvalue weighted by Gasteiger charge is 2.07. The smallest absolute Gasteiger partial charge is 0.269 e. The molecule has 0 unspecified atom stereocenters. The maximum absolute atomic E-state index is 10.9. The molecule has 1 aromatic carbocycles. The number of imidazole rings is 1. The monoisotopic (exact) mass is 310 g/mol. The summed E-state index contributed by atoms with van der Waals surface area (Å²) >= 11 is 0. The molecule has 3 rings (SSSR count). The fourth-order valence-electron chi connectivity index (χ4n) is 2.44. The van der Waals surface area contributed by atoms with E-state index < -0.39 is 5.91 Å². The number of aromatic nitrogens is 4. The van der Waals surface area contributed by atoms with Crippen molar-refractivity contribution in [2.24, 2.45) is 12.8 Å². The van der Waals surface area contributed by atoms with E-state index in [1.165, 1.54) is 0 Å². The van der Waals surface area contributed by atoms with Gasteiger partial charge in [0, 0.05) is 20.0 Å². The molecular weight excluding hydrogens is 292 g/mol. The number of carbonyl (C=O) groups excluding carboxylic acids is 1. The zero-order valence-corrected chi connectivity index (χ0v) is 12.9. The number of carbonyl (C=O) groups is 1. The van der Waals surface area contributed by atoms with Gasteiger partial charge in [0.25, 0.3) is 5.91 Å². The van der Waals surface area contributed by atoms with Crippen LogP contribution >= 0.6 is 0 Å². The number of primary amides is 1. The van der Waals surface area contributed by atoms with Gasteiger partial charge < -0.3 is 15.6 Å². The zero-order valence-electron chi connectivity index (χ0n) is 12.9. The summed E-state index contributed by atoms with van der Waals surface area (Å²) in [5.41, 5.74) is 7.45. The lowest BCUT2D eigenvalue weighted by atomic mass is 10.3. The average Bonchev–Trinajstić information content (AvgIpc) is 2.89. The molecule has 3 aromatic rings. The van der Waals surface area contributed by atoms with Gasteiger partial charge in [0.1, 0.15) is 11.6 Å². The van der Waals surface area contributed by atoms with Crippen LogP contribution < -0.4 is 11.1 Å². The van der Waals surface area contributed by atoms with E-state index in [-0.39, 0.29) is 5.69 Å². The minimum atomic E-state index is -0.578. The molecule has 0 saturated carbocycles. The van der Waals surface area contributed by atoms with Crippen LogP contribution in [0.1, 0.15) is 22.7 Å². The van der Waals surface area contributed by atoms with Gasteiger partial charge in [-0.1, -0.05) is 12.1 Å². The molecule has 2 aromatic heterocycles. The van der Waals surface area contributed by atoms with Gasteiger partial charge in [0.15, 0.2) is 5.69 Å². The maximum Gasteiger partial charge on any atom is 0.269 e. The average molecular weight is 310 g/mol. The zero-order chi connectivity index (χ0) is 16.2. The highest BCUT2D eigenvalue weighted by molar-refractivity contribution is 5.90. The Labute approximate surface area is 133 Å². The molecule has 0 radical (unpaired) electrons. The number of aryl methyl sites for hydroxylation is 2. The molecule has 0 aliphatic heterocycles. The van der Waals surface area contributed by atoms with Crippen molar-refractivity contribution in [1.82, 2.24) is 19.7 Å². The SMILES string of the molecule is Cn1c(CCCNc2ccc(C(N)=O)nn2)nc2ccccc21. The van der Waals surface area contributed by atoms with Gasteiger partial charge in [-0.15, -0.1) is 10.2 Å². The summed E-state index contributed by atoms with van der Waals surface area (Å²) in [6.45, 7) is 0.744. The Morgan fingerprint density at radius 3 is 2.74 bits per heavy atom. The molecular formula is C16H18N6O. The number of para-hydroxylation sites is 2. The van der Waals surface area contributed by atoms with Crippen molar-refractivity contribution in [1.29, 1.82) is 0 Å². The molecule has 0 saturated heterocycles. The predicted molar refractivity (Wildman–Crippen MR) is 88.1 cm³/mol. The van der Waals surface area contributed by atoms with Crippen molar-refractivity contribution in [3.63, 3.8) is 0 Å². The van der Waals surface area contributed by atoms with Gasteiger partial charge in [0.05, 0.1) is 11.0 Å². The lowest BCUT2D eigenvalue weighted by Crippen LogP contribution is -2.14. The number of hydrogen-bond donors (Lipinski definition) is 2. The van der Waals surface area contributed by atoms with Crippen LogP contribution in [-0.4, -0.2) is 32.2 Å². The van der Waals surface area contributed by atoms with Gasteiger partial charge in [-0.3, -0.25) is 4.79 Å². The number of benzene rings is 1. The van der Waals surface area contributed by atoms with Crippen LogP contribution in [-0.2, 0) is 13.5 Å². The summed E-state index contributed by atoms with van der Waals surface area (Å²) in [6, 6.07) is 11.4. The molecule has 0 fully saturated rings. The molecule has 1 amide bonds. The van der Waals surface area contributed by atoms with Crippen molar-refractivity contribution >= 4 is 22.8 Å². The van der Waals surface area contributed by atoms with E-state index in [0.717, 1.165) is 36.2 Å². The number of amides is 1. The molecule has 0 atom stereocenters. The predicted octanol–water partition coefficient (Wildman–Crippen LogP) is 1.51. The van der Waals surface area contributed by atoms with Crippen molar-refractivity contribution in [3.05, 3.63) is 47.9 Å². The van der Waals surface area contributed by atoms with Crippen molar-refractivity contribution in [3.8, 4) is 0 Å². The van der Waals surface area contributed by atoms with Gasteiger partial charge in [-0.2, -0.15) is 0 Å². The number of rotatable bonds is 6. The van der Waals surface area contributed by atoms with Gasteiger partial charge in [0.2, 0.25) is 0 Å². The molecule has 0 bridgehead atoms. The normalized spacial score (nSPS) is 10.8. The third kappa shape index (κ3) is 3.28. The Hall–Kier alpha value is -2.96. The minimum Gasteiger partial charge on any atom is -0.369 e. The first-order valence-corrected chi connectivity index (χ1v) is 7.43. The first kappa shape index (κ1) is 15.0. The number of nitrogens with zero attached hydrogens (tertiary/aromatic N) is 4. The Kier molecular flexibility index (Phi) is 4.18. The van der Waals surface area contributed by atoms with Crippen molar-refractivity contribution in [2.75, 3.05) is 11.9 Å². The standard InChI is InChI=1S/C16H18N6O/c1-22-13-6-3-2-5-11(13)19-15(22)7-4-10-18-14-9-8-12(16(17)23)20-21-14/h2-3,5-6,8-9H,4,7,10H2,1H3,(H2,17,23)(H,18,21). The van der Waals surface area contributed by atoms with Crippen molar-refractivity contribution in [2.45, 2.75) is 12.8 Å². The van der Waals surface area contributed by atoms with E-state index >= 15 is 0 Å². The lowest BCUT2D eigenvalue weighted by molar-refractivity contribution is 0.0994. The van der Waals surface area contributed by atoms with Crippen LogP contribution in [0, 0.1) is 0 Å².